The summed E-state index contributed by atoms with van der Waals surface area (Å²) in [5.74, 6) is 0.897. The molecular formula is C20H15ClN2OS. The third kappa shape index (κ3) is 2.53. The highest BCUT2D eigenvalue weighted by molar-refractivity contribution is 7.10. The molecule has 3 aromatic rings. The predicted octanol–water partition coefficient (Wildman–Crippen LogP) is 5.64. The van der Waals surface area contributed by atoms with Crippen LogP contribution in [0.5, 0.6) is 5.75 Å². The Morgan fingerprint density at radius 2 is 1.96 bits per heavy atom. The van der Waals surface area contributed by atoms with Crippen LogP contribution in [-0.2, 0) is 0 Å². The van der Waals surface area contributed by atoms with Crippen LogP contribution >= 0.6 is 22.9 Å². The monoisotopic (exact) mass is 366 g/mol. The van der Waals surface area contributed by atoms with Gasteiger partial charge in [0.05, 0.1) is 16.6 Å². The van der Waals surface area contributed by atoms with Crippen LogP contribution in [0, 0.1) is 0 Å². The van der Waals surface area contributed by atoms with Crippen molar-refractivity contribution >= 4 is 28.6 Å². The molecule has 124 valence electrons. The summed E-state index contributed by atoms with van der Waals surface area (Å²) >= 11 is 7.94. The van der Waals surface area contributed by atoms with Crippen LogP contribution in [0.2, 0.25) is 5.02 Å². The Labute approximate surface area is 155 Å². The molecule has 3 nitrogen and oxygen atoms in total. The Balaban J connectivity index is 1.61. The highest BCUT2D eigenvalue weighted by atomic mass is 35.5. The van der Waals surface area contributed by atoms with Crippen LogP contribution in [0.15, 0.2) is 71.1 Å². The summed E-state index contributed by atoms with van der Waals surface area (Å²) in [6, 6.07) is 20.5. The zero-order valence-electron chi connectivity index (χ0n) is 13.3. The Morgan fingerprint density at radius 1 is 1.08 bits per heavy atom. The number of fused-ring (bicyclic) bond motifs is 3. The van der Waals surface area contributed by atoms with E-state index in [4.69, 9.17) is 21.4 Å². The van der Waals surface area contributed by atoms with E-state index in [1.54, 1.807) is 11.3 Å². The quantitative estimate of drug-likeness (QED) is 0.586. The maximum Gasteiger partial charge on any atom is 0.222 e. The molecule has 2 aliphatic rings. The normalized spacial score (nSPS) is 21.3. The molecule has 3 heterocycles. The molecule has 2 aromatic carbocycles. The second kappa shape index (κ2) is 5.90. The van der Waals surface area contributed by atoms with Crippen molar-refractivity contribution in [2.24, 2.45) is 5.10 Å². The molecule has 0 radical (unpaired) electrons. The first kappa shape index (κ1) is 15.0. The molecule has 0 fully saturated rings. The minimum Gasteiger partial charge on any atom is -0.464 e. The van der Waals surface area contributed by atoms with Gasteiger partial charge in [-0.1, -0.05) is 48.0 Å². The third-order valence-corrected chi connectivity index (χ3v) is 5.78. The van der Waals surface area contributed by atoms with Gasteiger partial charge in [0.1, 0.15) is 5.75 Å². The van der Waals surface area contributed by atoms with Crippen LogP contribution in [0.3, 0.4) is 0 Å². The minimum atomic E-state index is -0.195. The molecule has 25 heavy (non-hydrogen) atoms. The van der Waals surface area contributed by atoms with E-state index in [1.807, 2.05) is 42.5 Å². The summed E-state index contributed by atoms with van der Waals surface area (Å²) in [5, 5.41) is 9.82. The molecule has 0 spiro atoms. The molecule has 5 rings (SSSR count). The van der Waals surface area contributed by atoms with Gasteiger partial charge in [0.2, 0.25) is 6.23 Å². The van der Waals surface area contributed by atoms with Crippen molar-refractivity contribution in [1.82, 2.24) is 5.01 Å². The molecule has 2 atom stereocenters. The summed E-state index contributed by atoms with van der Waals surface area (Å²) < 4.78 is 6.30. The standard InChI is InChI=1S/C20H15ClN2OS/c21-14-8-9-18-15(11-14)17-12-16(13-5-2-1-3-6-13)22-23(17)20(24-18)19-7-4-10-25-19/h1-11,17,20H,12H2/t17-,20+/m1/s1. The Hall–Kier alpha value is -2.30. The Bertz CT molecular complexity index is 940. The molecule has 0 bridgehead atoms. The number of hydrogen-bond acceptors (Lipinski definition) is 4. The summed E-state index contributed by atoms with van der Waals surface area (Å²) in [4.78, 5) is 1.16. The first-order valence-corrected chi connectivity index (χ1v) is 9.46. The van der Waals surface area contributed by atoms with E-state index >= 15 is 0 Å². The number of rotatable bonds is 2. The average Bonchev–Trinajstić information content (AvgIpc) is 3.32. The van der Waals surface area contributed by atoms with Crippen molar-refractivity contribution in [1.29, 1.82) is 0 Å². The first-order valence-electron chi connectivity index (χ1n) is 8.20. The van der Waals surface area contributed by atoms with Gasteiger partial charge < -0.3 is 4.74 Å². The SMILES string of the molecule is Clc1ccc2c(c1)[C@H]1CC(c3ccccc3)=NN1[C@H](c1cccs1)O2. The Morgan fingerprint density at radius 3 is 2.76 bits per heavy atom. The lowest BCUT2D eigenvalue weighted by molar-refractivity contribution is -0.0165. The van der Waals surface area contributed by atoms with Gasteiger partial charge in [-0.05, 0) is 35.2 Å². The lowest BCUT2D eigenvalue weighted by Gasteiger charge is -2.37. The van der Waals surface area contributed by atoms with Crippen molar-refractivity contribution in [3.63, 3.8) is 0 Å². The molecule has 0 amide bonds. The lowest BCUT2D eigenvalue weighted by Crippen LogP contribution is -2.33. The van der Waals surface area contributed by atoms with E-state index in [2.05, 4.69) is 28.6 Å². The summed E-state index contributed by atoms with van der Waals surface area (Å²) in [7, 11) is 0. The van der Waals surface area contributed by atoms with Gasteiger partial charge in [-0.3, -0.25) is 0 Å². The topological polar surface area (TPSA) is 24.8 Å². The van der Waals surface area contributed by atoms with Crippen LogP contribution in [0.1, 0.15) is 34.7 Å². The van der Waals surface area contributed by atoms with Gasteiger partial charge >= 0.3 is 0 Å². The second-order valence-corrected chi connectivity index (χ2v) is 7.60. The van der Waals surface area contributed by atoms with Gasteiger partial charge in [-0.25, -0.2) is 5.01 Å². The van der Waals surface area contributed by atoms with Crippen LogP contribution in [-0.4, -0.2) is 10.7 Å². The van der Waals surface area contributed by atoms with Crippen LogP contribution in [0.25, 0.3) is 0 Å². The Kier molecular flexibility index (Phi) is 3.54. The second-order valence-electron chi connectivity index (χ2n) is 6.18. The smallest absolute Gasteiger partial charge is 0.222 e. The van der Waals surface area contributed by atoms with Crippen molar-refractivity contribution in [3.05, 3.63) is 87.1 Å². The summed E-state index contributed by atoms with van der Waals surface area (Å²) in [6.45, 7) is 0. The molecule has 2 aliphatic heterocycles. The zero-order chi connectivity index (χ0) is 16.8. The van der Waals surface area contributed by atoms with Crippen molar-refractivity contribution in [2.75, 3.05) is 0 Å². The van der Waals surface area contributed by atoms with Gasteiger partial charge in [-0.2, -0.15) is 5.10 Å². The molecule has 1 aromatic heterocycles. The minimum absolute atomic E-state index is 0.143. The molecule has 0 aliphatic carbocycles. The maximum atomic E-state index is 6.30. The molecular weight excluding hydrogens is 352 g/mol. The van der Waals surface area contributed by atoms with E-state index in [1.165, 1.54) is 0 Å². The fourth-order valence-corrected chi connectivity index (χ4v) is 4.41. The van der Waals surface area contributed by atoms with Gasteiger partial charge in [0.15, 0.2) is 0 Å². The van der Waals surface area contributed by atoms with Crippen molar-refractivity contribution in [2.45, 2.75) is 18.7 Å². The fraction of sp³-hybridized carbons (Fsp3) is 0.150. The molecule has 5 heteroatoms. The third-order valence-electron chi connectivity index (χ3n) is 4.65. The zero-order valence-corrected chi connectivity index (χ0v) is 14.9. The predicted molar refractivity (Wildman–Crippen MR) is 101 cm³/mol. The van der Waals surface area contributed by atoms with E-state index in [0.717, 1.165) is 38.9 Å². The fourth-order valence-electron chi connectivity index (χ4n) is 3.48. The highest BCUT2D eigenvalue weighted by Gasteiger charge is 2.41. The average molecular weight is 367 g/mol. The van der Waals surface area contributed by atoms with Gasteiger partial charge in [0.25, 0.3) is 0 Å². The number of hydrogen-bond donors (Lipinski definition) is 0. The first-order chi connectivity index (χ1) is 12.3. The number of ether oxygens (including phenoxy) is 1. The number of hydrazone groups is 1. The molecule has 0 unspecified atom stereocenters. The van der Waals surface area contributed by atoms with Gasteiger partial charge in [0, 0.05) is 17.0 Å². The molecule has 0 N–H and O–H groups in total. The van der Waals surface area contributed by atoms with Crippen LogP contribution in [0.4, 0.5) is 0 Å². The van der Waals surface area contributed by atoms with E-state index < -0.39 is 0 Å². The van der Waals surface area contributed by atoms with Gasteiger partial charge in [-0.15, -0.1) is 11.3 Å². The van der Waals surface area contributed by atoms with Crippen LogP contribution < -0.4 is 4.74 Å². The van der Waals surface area contributed by atoms with E-state index in [0.29, 0.717) is 0 Å². The number of nitrogens with zero attached hydrogens (tertiary/aromatic N) is 2. The number of benzene rings is 2. The number of thiophene rings is 1. The largest absolute Gasteiger partial charge is 0.464 e. The summed E-state index contributed by atoms with van der Waals surface area (Å²) in [5.41, 5.74) is 3.35. The number of halogens is 1. The van der Waals surface area contributed by atoms with Crippen molar-refractivity contribution < 1.29 is 4.74 Å². The van der Waals surface area contributed by atoms with Crippen molar-refractivity contribution in [3.8, 4) is 5.75 Å². The van der Waals surface area contributed by atoms with E-state index in [-0.39, 0.29) is 12.3 Å². The van der Waals surface area contributed by atoms with E-state index in [9.17, 15) is 0 Å². The molecule has 0 saturated carbocycles. The highest BCUT2D eigenvalue weighted by Crippen LogP contribution is 2.48. The molecule has 0 saturated heterocycles. The summed E-state index contributed by atoms with van der Waals surface area (Å²) in [6.07, 6.45) is 0.655. The maximum absolute atomic E-state index is 6.30. The lowest BCUT2D eigenvalue weighted by atomic mass is 9.96.